The van der Waals surface area contributed by atoms with Gasteiger partial charge in [-0.1, -0.05) is 48.5 Å². The van der Waals surface area contributed by atoms with Gasteiger partial charge in [0.15, 0.2) is 0 Å². The zero-order valence-corrected chi connectivity index (χ0v) is 12.5. The molecule has 2 heterocycles. The van der Waals surface area contributed by atoms with Crippen molar-refractivity contribution in [3.8, 4) is 0 Å². The van der Waals surface area contributed by atoms with Gasteiger partial charge in [0.1, 0.15) is 0 Å². The molecule has 3 heteroatoms. The second kappa shape index (κ2) is 5.25. The van der Waals surface area contributed by atoms with Crippen LogP contribution in [0.15, 0.2) is 60.7 Å². The fourth-order valence-electron chi connectivity index (χ4n) is 3.97. The quantitative estimate of drug-likeness (QED) is 0.862. The largest absolute Gasteiger partial charge is 0.317 e. The molecular weight excluding hydrogens is 272 g/mol. The number of rotatable bonds is 2. The molecule has 0 aliphatic carbocycles. The summed E-state index contributed by atoms with van der Waals surface area (Å²) in [5, 5.41) is 3.38. The lowest BCUT2D eigenvalue weighted by atomic mass is 9.62. The molecule has 4 rings (SSSR count). The van der Waals surface area contributed by atoms with Gasteiger partial charge in [-0.25, -0.2) is 0 Å². The number of nitrogens with one attached hydrogen (secondary N) is 1. The van der Waals surface area contributed by atoms with Gasteiger partial charge in [-0.3, -0.25) is 4.79 Å². The molecule has 3 nitrogen and oxygen atoms in total. The molecule has 2 saturated heterocycles. The van der Waals surface area contributed by atoms with Crippen molar-refractivity contribution in [3.63, 3.8) is 0 Å². The Bertz CT molecular complexity index is 662. The Labute approximate surface area is 131 Å². The number of amides is 1. The number of anilines is 1. The van der Waals surface area contributed by atoms with Gasteiger partial charge in [0.05, 0.1) is 11.5 Å². The van der Waals surface area contributed by atoms with E-state index in [0.717, 1.165) is 31.6 Å². The smallest absolute Gasteiger partial charge is 0.236 e. The number of benzene rings is 2. The van der Waals surface area contributed by atoms with E-state index in [0.29, 0.717) is 0 Å². The van der Waals surface area contributed by atoms with Crippen LogP contribution in [0, 0.1) is 5.41 Å². The summed E-state index contributed by atoms with van der Waals surface area (Å²) in [6.45, 7) is 1.86. The van der Waals surface area contributed by atoms with Crippen molar-refractivity contribution in [1.82, 2.24) is 5.32 Å². The third-order valence-corrected chi connectivity index (χ3v) is 5.07. The minimum absolute atomic E-state index is 0.158. The Morgan fingerprint density at radius 2 is 1.50 bits per heavy atom. The van der Waals surface area contributed by atoms with E-state index in [1.165, 1.54) is 5.56 Å². The number of para-hydroxylation sites is 1. The van der Waals surface area contributed by atoms with Gasteiger partial charge < -0.3 is 10.2 Å². The predicted molar refractivity (Wildman–Crippen MR) is 87.6 cm³/mol. The number of hydrogen-bond donors (Lipinski definition) is 1. The zero-order valence-electron chi connectivity index (χ0n) is 12.5. The standard InChI is InChI=1S/C19H20N2O/c22-18-19(11-13-20-14-12-19)17(15-7-3-1-4-8-15)21(18)16-9-5-2-6-10-16/h1-10,17,20H,11-14H2. The van der Waals surface area contributed by atoms with E-state index in [2.05, 4.69) is 29.6 Å². The average molecular weight is 292 g/mol. The van der Waals surface area contributed by atoms with Crippen LogP contribution in [0.1, 0.15) is 24.4 Å². The number of piperidine rings is 1. The van der Waals surface area contributed by atoms with Gasteiger partial charge in [-0.15, -0.1) is 0 Å². The molecule has 1 unspecified atom stereocenters. The Hall–Kier alpha value is -2.13. The molecule has 2 fully saturated rings. The van der Waals surface area contributed by atoms with Crippen LogP contribution in [0.5, 0.6) is 0 Å². The summed E-state index contributed by atoms with van der Waals surface area (Å²) in [5.41, 5.74) is 2.03. The minimum Gasteiger partial charge on any atom is -0.317 e. The molecule has 1 atom stereocenters. The van der Waals surface area contributed by atoms with Crippen molar-refractivity contribution in [2.45, 2.75) is 18.9 Å². The summed E-state index contributed by atoms with van der Waals surface area (Å²) in [7, 11) is 0. The van der Waals surface area contributed by atoms with Gasteiger partial charge in [0.25, 0.3) is 0 Å². The number of hydrogen-bond acceptors (Lipinski definition) is 2. The second-order valence-electron chi connectivity index (χ2n) is 6.23. The van der Waals surface area contributed by atoms with Gasteiger partial charge in [-0.2, -0.15) is 0 Å². The van der Waals surface area contributed by atoms with E-state index in [9.17, 15) is 4.79 Å². The number of carbonyl (C=O) groups excluding carboxylic acids is 1. The number of nitrogens with zero attached hydrogens (tertiary/aromatic N) is 1. The molecule has 2 aromatic carbocycles. The Balaban J connectivity index is 1.77. The molecule has 1 spiro atoms. The van der Waals surface area contributed by atoms with Gasteiger partial charge in [0, 0.05) is 5.69 Å². The molecule has 1 N–H and O–H groups in total. The van der Waals surface area contributed by atoms with Gasteiger partial charge in [0.2, 0.25) is 5.91 Å². The van der Waals surface area contributed by atoms with Crippen molar-refractivity contribution < 1.29 is 4.79 Å². The molecule has 0 radical (unpaired) electrons. The van der Waals surface area contributed by atoms with Crippen LogP contribution in [0.4, 0.5) is 5.69 Å². The first-order valence-electron chi connectivity index (χ1n) is 7.97. The lowest BCUT2D eigenvalue weighted by Gasteiger charge is -2.58. The van der Waals surface area contributed by atoms with Crippen LogP contribution in [0.2, 0.25) is 0 Å². The SMILES string of the molecule is O=C1N(c2ccccc2)C(c2ccccc2)C12CCNCC2. The topological polar surface area (TPSA) is 32.3 Å². The summed E-state index contributed by atoms with van der Waals surface area (Å²) in [4.78, 5) is 15.0. The Kier molecular flexibility index (Phi) is 3.23. The Morgan fingerprint density at radius 1 is 0.909 bits per heavy atom. The Morgan fingerprint density at radius 3 is 2.14 bits per heavy atom. The van der Waals surface area contributed by atoms with E-state index in [1.807, 2.05) is 41.3 Å². The molecule has 112 valence electrons. The molecule has 2 aliphatic rings. The van der Waals surface area contributed by atoms with Crippen molar-refractivity contribution in [3.05, 3.63) is 66.2 Å². The van der Waals surface area contributed by atoms with Gasteiger partial charge in [-0.05, 0) is 43.6 Å². The first kappa shape index (κ1) is 13.5. The highest BCUT2D eigenvalue weighted by molar-refractivity contribution is 6.06. The fourth-order valence-corrected chi connectivity index (χ4v) is 3.97. The molecule has 0 bridgehead atoms. The van der Waals surface area contributed by atoms with Crippen LogP contribution < -0.4 is 10.2 Å². The minimum atomic E-state index is -0.220. The first-order valence-corrected chi connectivity index (χ1v) is 7.97. The van der Waals surface area contributed by atoms with E-state index in [1.54, 1.807) is 0 Å². The van der Waals surface area contributed by atoms with E-state index >= 15 is 0 Å². The number of carbonyl (C=O) groups is 1. The molecule has 2 aromatic rings. The lowest BCUT2D eigenvalue weighted by Crippen LogP contribution is -2.66. The maximum Gasteiger partial charge on any atom is 0.236 e. The molecule has 22 heavy (non-hydrogen) atoms. The summed E-state index contributed by atoms with van der Waals surface area (Å²) < 4.78 is 0. The van der Waals surface area contributed by atoms with Crippen LogP contribution in [0.25, 0.3) is 0 Å². The normalized spacial score (nSPS) is 23.4. The average Bonchev–Trinajstić information content (AvgIpc) is 2.61. The van der Waals surface area contributed by atoms with Gasteiger partial charge >= 0.3 is 0 Å². The summed E-state index contributed by atoms with van der Waals surface area (Å²) in [6.07, 6.45) is 1.85. The van der Waals surface area contributed by atoms with Crippen molar-refractivity contribution >= 4 is 11.6 Å². The third kappa shape index (κ3) is 1.89. The van der Waals surface area contributed by atoms with Crippen LogP contribution in [0.3, 0.4) is 0 Å². The van der Waals surface area contributed by atoms with Crippen molar-refractivity contribution in [2.75, 3.05) is 18.0 Å². The molecule has 2 aliphatic heterocycles. The van der Waals surface area contributed by atoms with Crippen molar-refractivity contribution in [2.24, 2.45) is 5.41 Å². The van der Waals surface area contributed by atoms with Crippen LogP contribution in [-0.4, -0.2) is 19.0 Å². The van der Waals surface area contributed by atoms with E-state index in [4.69, 9.17) is 0 Å². The lowest BCUT2D eigenvalue weighted by molar-refractivity contribution is -0.142. The summed E-state index contributed by atoms with van der Waals surface area (Å²) in [5.74, 6) is 0.286. The zero-order chi connectivity index (χ0) is 15.0. The maximum atomic E-state index is 13.0. The van der Waals surface area contributed by atoms with E-state index < -0.39 is 0 Å². The monoisotopic (exact) mass is 292 g/mol. The summed E-state index contributed by atoms with van der Waals surface area (Å²) >= 11 is 0. The molecule has 1 amide bonds. The molecule has 0 saturated carbocycles. The van der Waals surface area contributed by atoms with Crippen molar-refractivity contribution in [1.29, 1.82) is 0 Å². The van der Waals surface area contributed by atoms with E-state index in [-0.39, 0.29) is 17.4 Å². The highest BCUT2D eigenvalue weighted by atomic mass is 16.2. The predicted octanol–water partition coefficient (Wildman–Crippen LogP) is 3.14. The maximum absolute atomic E-state index is 13.0. The summed E-state index contributed by atoms with van der Waals surface area (Å²) in [6, 6.07) is 20.7. The highest BCUT2D eigenvalue weighted by Crippen LogP contribution is 2.56. The molecule has 0 aromatic heterocycles. The fraction of sp³-hybridized carbons (Fsp3) is 0.316. The van der Waals surface area contributed by atoms with Crippen LogP contribution >= 0.6 is 0 Å². The third-order valence-electron chi connectivity index (χ3n) is 5.07. The highest BCUT2D eigenvalue weighted by Gasteiger charge is 2.61. The number of β-lactam (4-membered cyclic amide) rings is 1. The second-order valence-corrected chi connectivity index (χ2v) is 6.23. The molecular formula is C19H20N2O. The van der Waals surface area contributed by atoms with Crippen LogP contribution in [-0.2, 0) is 4.79 Å². The first-order chi connectivity index (χ1) is 10.8.